The summed E-state index contributed by atoms with van der Waals surface area (Å²) >= 11 is 1.74. The van der Waals surface area contributed by atoms with Crippen LogP contribution in [0.4, 0.5) is 0 Å². The van der Waals surface area contributed by atoms with Gasteiger partial charge in [-0.3, -0.25) is 0 Å². The van der Waals surface area contributed by atoms with Crippen molar-refractivity contribution in [2.45, 2.75) is 24.8 Å². The summed E-state index contributed by atoms with van der Waals surface area (Å²) in [6, 6.07) is 8.08. The molecule has 0 aromatic heterocycles. The summed E-state index contributed by atoms with van der Waals surface area (Å²) < 4.78 is 5.68. The predicted molar refractivity (Wildman–Crippen MR) is 62.0 cm³/mol. The third kappa shape index (κ3) is 3.60. The number of nitrogens with two attached hydrogens (primary N) is 1. The van der Waals surface area contributed by atoms with E-state index in [1.807, 2.05) is 32.0 Å². The van der Waals surface area contributed by atoms with E-state index in [4.69, 9.17) is 10.5 Å². The second kappa shape index (κ2) is 5.94. The molecule has 0 fully saturated rings. The summed E-state index contributed by atoms with van der Waals surface area (Å²) in [5.74, 6) is 1.89. The SMILES string of the molecule is CC(C)Oc1ccccc1SCCN. The Balaban J connectivity index is 2.69. The molecule has 1 rings (SSSR count). The van der Waals surface area contributed by atoms with Crippen LogP contribution in [-0.2, 0) is 0 Å². The summed E-state index contributed by atoms with van der Waals surface area (Å²) in [4.78, 5) is 1.17. The molecule has 78 valence electrons. The Labute approximate surface area is 89.8 Å². The molecule has 0 bridgehead atoms. The van der Waals surface area contributed by atoms with Crippen molar-refractivity contribution in [2.24, 2.45) is 5.73 Å². The fraction of sp³-hybridized carbons (Fsp3) is 0.455. The highest BCUT2D eigenvalue weighted by Gasteiger charge is 2.04. The first-order valence-electron chi connectivity index (χ1n) is 4.82. The fourth-order valence-corrected chi connectivity index (χ4v) is 1.86. The van der Waals surface area contributed by atoms with Gasteiger partial charge < -0.3 is 10.5 Å². The van der Waals surface area contributed by atoms with Crippen LogP contribution in [0.25, 0.3) is 0 Å². The second-order valence-corrected chi connectivity index (χ2v) is 4.39. The van der Waals surface area contributed by atoms with E-state index in [0.29, 0.717) is 6.54 Å². The Kier molecular flexibility index (Phi) is 4.84. The van der Waals surface area contributed by atoms with Crippen LogP contribution in [0.1, 0.15) is 13.8 Å². The minimum atomic E-state index is 0.217. The zero-order chi connectivity index (χ0) is 10.4. The normalized spacial score (nSPS) is 10.6. The topological polar surface area (TPSA) is 35.2 Å². The van der Waals surface area contributed by atoms with Crippen molar-refractivity contribution in [3.05, 3.63) is 24.3 Å². The summed E-state index contributed by atoms with van der Waals surface area (Å²) in [6.45, 7) is 4.76. The Hall–Kier alpha value is -0.670. The lowest BCUT2D eigenvalue weighted by Gasteiger charge is -2.13. The molecule has 0 saturated carbocycles. The molecule has 0 radical (unpaired) electrons. The molecule has 1 aromatic rings. The lowest BCUT2D eigenvalue weighted by Crippen LogP contribution is -2.07. The molecule has 0 heterocycles. The van der Waals surface area contributed by atoms with Crippen molar-refractivity contribution < 1.29 is 4.74 Å². The summed E-state index contributed by atoms with van der Waals surface area (Å²) in [5.41, 5.74) is 5.47. The van der Waals surface area contributed by atoms with Crippen LogP contribution in [-0.4, -0.2) is 18.4 Å². The highest BCUT2D eigenvalue weighted by molar-refractivity contribution is 7.99. The average Bonchev–Trinajstić information content (AvgIpc) is 2.16. The van der Waals surface area contributed by atoms with Crippen molar-refractivity contribution in [3.63, 3.8) is 0 Å². The molecule has 0 aliphatic carbocycles. The number of thioether (sulfide) groups is 1. The molecule has 1 aromatic carbocycles. The summed E-state index contributed by atoms with van der Waals surface area (Å²) in [5, 5.41) is 0. The molecule has 0 saturated heterocycles. The Bertz CT molecular complexity index is 276. The largest absolute Gasteiger partial charge is 0.490 e. The van der Waals surface area contributed by atoms with Gasteiger partial charge in [0.2, 0.25) is 0 Å². The van der Waals surface area contributed by atoms with Crippen LogP contribution < -0.4 is 10.5 Å². The van der Waals surface area contributed by atoms with Crippen molar-refractivity contribution in [2.75, 3.05) is 12.3 Å². The van der Waals surface area contributed by atoms with Gasteiger partial charge >= 0.3 is 0 Å². The van der Waals surface area contributed by atoms with Gasteiger partial charge in [-0.2, -0.15) is 0 Å². The van der Waals surface area contributed by atoms with Crippen LogP contribution in [0.3, 0.4) is 0 Å². The third-order valence-electron chi connectivity index (χ3n) is 1.59. The predicted octanol–water partition coefficient (Wildman–Crippen LogP) is 2.52. The zero-order valence-corrected chi connectivity index (χ0v) is 9.51. The molecular formula is C11H17NOS. The average molecular weight is 211 g/mol. The van der Waals surface area contributed by atoms with E-state index in [1.54, 1.807) is 11.8 Å². The molecule has 0 unspecified atom stereocenters. The van der Waals surface area contributed by atoms with Gasteiger partial charge in [-0.05, 0) is 26.0 Å². The first-order valence-corrected chi connectivity index (χ1v) is 5.81. The smallest absolute Gasteiger partial charge is 0.133 e. The van der Waals surface area contributed by atoms with E-state index in [2.05, 4.69) is 6.07 Å². The standard InChI is InChI=1S/C11H17NOS/c1-9(2)13-10-5-3-4-6-11(10)14-8-7-12/h3-6,9H,7-8,12H2,1-2H3. The summed E-state index contributed by atoms with van der Waals surface area (Å²) in [6.07, 6.45) is 0.217. The van der Waals surface area contributed by atoms with Gasteiger partial charge in [-0.15, -0.1) is 11.8 Å². The van der Waals surface area contributed by atoms with Crippen LogP contribution >= 0.6 is 11.8 Å². The molecule has 3 heteroatoms. The second-order valence-electron chi connectivity index (χ2n) is 3.25. The Morgan fingerprint density at radius 2 is 2.07 bits per heavy atom. The maximum Gasteiger partial charge on any atom is 0.133 e. The van der Waals surface area contributed by atoms with Gasteiger partial charge in [0.1, 0.15) is 5.75 Å². The van der Waals surface area contributed by atoms with Crippen molar-refractivity contribution >= 4 is 11.8 Å². The molecule has 2 N–H and O–H groups in total. The van der Waals surface area contributed by atoms with Crippen LogP contribution in [0.2, 0.25) is 0 Å². The van der Waals surface area contributed by atoms with Crippen LogP contribution in [0.15, 0.2) is 29.2 Å². The molecule has 0 amide bonds. The summed E-state index contributed by atoms with van der Waals surface area (Å²) in [7, 11) is 0. The van der Waals surface area contributed by atoms with Gasteiger partial charge in [-0.1, -0.05) is 12.1 Å². The monoisotopic (exact) mass is 211 g/mol. The van der Waals surface area contributed by atoms with Crippen molar-refractivity contribution in [3.8, 4) is 5.75 Å². The van der Waals surface area contributed by atoms with E-state index >= 15 is 0 Å². The molecule has 14 heavy (non-hydrogen) atoms. The van der Waals surface area contributed by atoms with E-state index < -0.39 is 0 Å². The Morgan fingerprint density at radius 3 is 2.71 bits per heavy atom. The van der Waals surface area contributed by atoms with Gasteiger partial charge in [-0.25, -0.2) is 0 Å². The zero-order valence-electron chi connectivity index (χ0n) is 8.69. The van der Waals surface area contributed by atoms with Gasteiger partial charge in [0.05, 0.1) is 6.10 Å². The number of ether oxygens (including phenoxy) is 1. The highest BCUT2D eigenvalue weighted by atomic mass is 32.2. The number of para-hydroxylation sites is 1. The van der Waals surface area contributed by atoms with Crippen molar-refractivity contribution in [1.82, 2.24) is 0 Å². The van der Waals surface area contributed by atoms with Crippen molar-refractivity contribution in [1.29, 1.82) is 0 Å². The van der Waals surface area contributed by atoms with Crippen LogP contribution in [0, 0.1) is 0 Å². The molecule has 0 spiro atoms. The van der Waals surface area contributed by atoms with Gasteiger partial charge in [0.25, 0.3) is 0 Å². The molecular weight excluding hydrogens is 194 g/mol. The van der Waals surface area contributed by atoms with Gasteiger partial charge in [0.15, 0.2) is 0 Å². The van der Waals surface area contributed by atoms with E-state index in [0.717, 1.165) is 11.5 Å². The number of hydrogen-bond donors (Lipinski definition) is 1. The quantitative estimate of drug-likeness (QED) is 0.760. The van der Waals surface area contributed by atoms with E-state index in [1.165, 1.54) is 4.90 Å². The number of rotatable bonds is 5. The lowest BCUT2D eigenvalue weighted by molar-refractivity contribution is 0.236. The fourth-order valence-electron chi connectivity index (χ4n) is 1.09. The first-order chi connectivity index (χ1) is 6.74. The number of benzene rings is 1. The maximum atomic E-state index is 5.68. The molecule has 2 nitrogen and oxygen atoms in total. The first kappa shape index (κ1) is 11.4. The minimum absolute atomic E-state index is 0.217. The molecule has 0 aliphatic rings. The molecule has 0 atom stereocenters. The molecule has 0 aliphatic heterocycles. The van der Waals surface area contributed by atoms with Crippen LogP contribution in [0.5, 0.6) is 5.75 Å². The Morgan fingerprint density at radius 1 is 1.36 bits per heavy atom. The third-order valence-corrected chi connectivity index (χ3v) is 2.68. The lowest BCUT2D eigenvalue weighted by atomic mass is 10.3. The minimum Gasteiger partial charge on any atom is -0.490 e. The number of hydrogen-bond acceptors (Lipinski definition) is 3. The highest BCUT2D eigenvalue weighted by Crippen LogP contribution is 2.29. The van der Waals surface area contributed by atoms with E-state index in [-0.39, 0.29) is 6.10 Å². The van der Waals surface area contributed by atoms with Gasteiger partial charge in [0, 0.05) is 17.2 Å². The van der Waals surface area contributed by atoms with E-state index in [9.17, 15) is 0 Å². The maximum absolute atomic E-state index is 5.68.